The molecule has 6 rings (SSSR count). The molecule has 0 unspecified atom stereocenters. The molecule has 0 spiro atoms. The summed E-state index contributed by atoms with van der Waals surface area (Å²) in [5, 5.41) is 4.95. The molecule has 0 saturated heterocycles. The van der Waals surface area contributed by atoms with Crippen LogP contribution in [0.15, 0.2) is 157 Å². The molecular formula is C31H25N2O4P. The second kappa shape index (κ2) is 9.92. The predicted molar refractivity (Wildman–Crippen MR) is 151 cm³/mol. The second-order valence-electron chi connectivity index (χ2n) is 8.47. The van der Waals surface area contributed by atoms with E-state index in [-0.39, 0.29) is 0 Å². The van der Waals surface area contributed by atoms with Gasteiger partial charge in [-0.25, -0.2) is 0 Å². The molecule has 0 aliphatic carbocycles. The Balaban J connectivity index is 1.63. The average Bonchev–Trinajstić information content (AvgIpc) is 3.30. The topological polar surface area (TPSA) is 52.5 Å². The quantitative estimate of drug-likeness (QED) is 0.193. The van der Waals surface area contributed by atoms with E-state index in [2.05, 4.69) is 0 Å². The number of nitrogens with zero attached hydrogens (tertiary/aromatic N) is 2. The Hall–Kier alpha value is -4.80. The Morgan fingerprint density at radius 2 is 0.842 bits per heavy atom. The molecule has 0 fully saturated rings. The van der Waals surface area contributed by atoms with Crippen molar-refractivity contribution in [3.05, 3.63) is 157 Å². The van der Waals surface area contributed by atoms with Crippen molar-refractivity contribution >= 4 is 19.2 Å². The van der Waals surface area contributed by atoms with Crippen LogP contribution in [0.3, 0.4) is 0 Å². The zero-order valence-electron chi connectivity index (χ0n) is 20.4. The first-order valence-corrected chi connectivity index (χ1v) is 14.1. The number of benzene rings is 5. The van der Waals surface area contributed by atoms with E-state index in [1.807, 2.05) is 152 Å². The van der Waals surface area contributed by atoms with Gasteiger partial charge in [0.2, 0.25) is 0 Å². The van der Waals surface area contributed by atoms with Gasteiger partial charge >= 0.3 is 222 Å². The normalized spacial score (nSPS) is 16.3. The molecule has 0 aromatic heterocycles. The zero-order valence-corrected chi connectivity index (χ0v) is 21.3. The number of hydrogen-bond donors (Lipinski definition) is 0. The molecule has 1 aliphatic rings. The Morgan fingerprint density at radius 1 is 0.474 bits per heavy atom. The van der Waals surface area contributed by atoms with E-state index in [4.69, 9.17) is 23.2 Å². The van der Waals surface area contributed by atoms with Crippen molar-refractivity contribution in [3.8, 4) is 17.2 Å². The van der Waals surface area contributed by atoms with Crippen molar-refractivity contribution in [2.75, 3.05) is 4.78 Å². The third-order valence-electron chi connectivity index (χ3n) is 5.75. The molecular weight excluding hydrogens is 495 g/mol. The maximum absolute atomic E-state index is 6.85. The van der Waals surface area contributed by atoms with Crippen LogP contribution in [-0.4, -0.2) is 5.90 Å². The molecule has 1 heterocycles. The van der Waals surface area contributed by atoms with E-state index in [1.54, 1.807) is 4.78 Å². The molecule has 0 atom stereocenters. The number of hydrazone groups is 1. The van der Waals surface area contributed by atoms with Crippen molar-refractivity contribution in [1.82, 2.24) is 0 Å². The van der Waals surface area contributed by atoms with Crippen LogP contribution < -0.4 is 18.4 Å². The minimum absolute atomic E-state index is 0.315. The van der Waals surface area contributed by atoms with Crippen LogP contribution in [0.5, 0.6) is 17.2 Å². The van der Waals surface area contributed by atoms with Crippen molar-refractivity contribution in [1.29, 1.82) is 0 Å². The van der Waals surface area contributed by atoms with Gasteiger partial charge in [-0.2, -0.15) is 0 Å². The zero-order chi connectivity index (χ0) is 25.7. The van der Waals surface area contributed by atoms with Crippen molar-refractivity contribution in [2.45, 2.75) is 0 Å². The van der Waals surface area contributed by atoms with E-state index in [0.29, 0.717) is 28.8 Å². The van der Waals surface area contributed by atoms with E-state index in [0.717, 1.165) is 5.56 Å². The fourth-order valence-corrected chi connectivity index (χ4v) is 7.18. The molecule has 1 aliphatic heterocycles. The molecule has 0 amide bonds. The van der Waals surface area contributed by atoms with Gasteiger partial charge in [-0.3, -0.25) is 0 Å². The van der Waals surface area contributed by atoms with E-state index >= 15 is 0 Å². The SMILES string of the molecule is c1ccc(OP2(Oc3ccccc3)(Oc3ccccc3)OC(c3ccccc3)=NN2c2ccccc2)cc1. The molecule has 38 heavy (non-hydrogen) atoms. The van der Waals surface area contributed by atoms with Gasteiger partial charge in [-0.15, -0.1) is 0 Å². The molecule has 7 heteroatoms. The third-order valence-corrected chi connectivity index (χ3v) is 8.71. The minimum atomic E-state index is -4.92. The van der Waals surface area contributed by atoms with Gasteiger partial charge in [0.1, 0.15) is 0 Å². The van der Waals surface area contributed by atoms with Gasteiger partial charge in [0, 0.05) is 0 Å². The Labute approximate surface area is 221 Å². The van der Waals surface area contributed by atoms with E-state index in [1.165, 1.54) is 0 Å². The standard InChI is InChI=1S/C31H25N2O4P/c1-6-16-26(17-7-1)31-32-33(27-18-8-2-9-19-27)38(37-31,34-28-20-10-3-11-21-28,35-29-22-12-4-13-23-29)36-30-24-14-5-15-25-30/h1-25H. The van der Waals surface area contributed by atoms with Crippen LogP contribution in [-0.2, 0) is 4.52 Å². The average molecular weight is 521 g/mol. The summed E-state index contributed by atoms with van der Waals surface area (Å²) in [6, 6.07) is 47.3. The molecule has 0 saturated carbocycles. The molecule has 5 aromatic rings. The van der Waals surface area contributed by atoms with Crippen LogP contribution in [0.2, 0.25) is 0 Å². The summed E-state index contributed by atoms with van der Waals surface area (Å²) in [6.45, 7) is 0. The summed E-state index contributed by atoms with van der Waals surface area (Å²) in [6.07, 6.45) is 0. The van der Waals surface area contributed by atoms with Crippen molar-refractivity contribution < 1.29 is 18.1 Å². The first-order chi connectivity index (χ1) is 18.7. The van der Waals surface area contributed by atoms with Gasteiger partial charge in [0.25, 0.3) is 0 Å². The Bertz CT molecular complexity index is 1420. The maximum atomic E-state index is 6.85. The third kappa shape index (κ3) is 4.54. The second-order valence-corrected chi connectivity index (χ2v) is 11.1. The molecule has 0 N–H and O–H groups in total. The van der Waals surface area contributed by atoms with Gasteiger partial charge in [-0.05, 0) is 0 Å². The summed E-state index contributed by atoms with van der Waals surface area (Å²) in [4.78, 5) is 0. The fraction of sp³-hybridized carbons (Fsp3) is 0. The number of hydrogen-bond acceptors (Lipinski definition) is 6. The van der Waals surface area contributed by atoms with Gasteiger partial charge in [-0.1, -0.05) is 0 Å². The first-order valence-electron chi connectivity index (χ1n) is 12.2. The van der Waals surface area contributed by atoms with Gasteiger partial charge < -0.3 is 0 Å². The van der Waals surface area contributed by atoms with Crippen LogP contribution in [0.25, 0.3) is 0 Å². The fourth-order valence-electron chi connectivity index (χ4n) is 4.06. The number of para-hydroxylation sites is 4. The number of anilines is 1. The summed E-state index contributed by atoms with van der Waals surface area (Å²) in [5.74, 6) is 1.82. The summed E-state index contributed by atoms with van der Waals surface area (Å²) in [5.41, 5.74) is 1.43. The molecule has 5 aromatic carbocycles. The van der Waals surface area contributed by atoms with Crippen LogP contribution >= 0.6 is 7.66 Å². The van der Waals surface area contributed by atoms with E-state index < -0.39 is 7.66 Å². The van der Waals surface area contributed by atoms with Crippen LogP contribution in [0, 0.1) is 0 Å². The molecule has 0 bridgehead atoms. The Kier molecular flexibility index (Phi) is 6.16. The molecule has 188 valence electrons. The summed E-state index contributed by atoms with van der Waals surface area (Å²) < 4.78 is 29.0. The molecule has 6 nitrogen and oxygen atoms in total. The van der Waals surface area contributed by atoms with E-state index in [9.17, 15) is 0 Å². The number of rotatable bonds is 8. The van der Waals surface area contributed by atoms with Crippen molar-refractivity contribution in [3.63, 3.8) is 0 Å². The summed E-state index contributed by atoms with van der Waals surface area (Å²) >= 11 is 0. The first kappa shape index (κ1) is 23.6. The monoisotopic (exact) mass is 520 g/mol. The van der Waals surface area contributed by atoms with Crippen LogP contribution in [0.4, 0.5) is 5.69 Å². The van der Waals surface area contributed by atoms with Crippen LogP contribution in [0.1, 0.15) is 5.56 Å². The van der Waals surface area contributed by atoms with Gasteiger partial charge in [0.05, 0.1) is 0 Å². The van der Waals surface area contributed by atoms with Crippen molar-refractivity contribution in [2.24, 2.45) is 5.10 Å². The molecule has 0 radical (unpaired) electrons. The van der Waals surface area contributed by atoms with Gasteiger partial charge in [0.15, 0.2) is 0 Å². The Morgan fingerprint density at radius 3 is 1.26 bits per heavy atom. The summed E-state index contributed by atoms with van der Waals surface area (Å²) in [7, 11) is -4.92. The predicted octanol–water partition coefficient (Wildman–Crippen LogP) is 8.25.